The minimum Gasteiger partial charge on any atom is -0.296 e. The maximum atomic E-state index is 11.0. The molecule has 0 aliphatic heterocycles. The summed E-state index contributed by atoms with van der Waals surface area (Å²) >= 11 is 0. The molecule has 1 heterocycles. The van der Waals surface area contributed by atoms with E-state index in [1.54, 1.807) is 0 Å². The van der Waals surface area contributed by atoms with Crippen molar-refractivity contribution in [3.05, 3.63) is 16.4 Å². The molecule has 4 heteroatoms. The van der Waals surface area contributed by atoms with Crippen molar-refractivity contribution in [1.29, 1.82) is 0 Å². The van der Waals surface area contributed by atoms with Gasteiger partial charge in [-0.05, 0) is 12.8 Å². The lowest BCUT2D eigenvalue weighted by Gasteiger charge is -2.10. The molecular weight excluding hydrogens is 264 g/mol. The van der Waals surface area contributed by atoms with Gasteiger partial charge in [-0.3, -0.25) is 9.51 Å². The first-order valence-corrected chi connectivity index (χ1v) is 8.83. The molecule has 0 bridgehead atoms. The van der Waals surface area contributed by atoms with Gasteiger partial charge in [0.1, 0.15) is 0 Å². The topological polar surface area (TPSA) is 58.9 Å². The molecule has 1 aromatic rings. The first kappa shape index (κ1) is 18.0. The highest BCUT2D eigenvalue weighted by Crippen LogP contribution is 2.22. The lowest BCUT2D eigenvalue weighted by molar-refractivity contribution is 0.373. The largest absolute Gasteiger partial charge is 0.438 e. The lowest BCUT2D eigenvalue weighted by atomic mass is 9.97. The second kappa shape index (κ2) is 11.6. The van der Waals surface area contributed by atoms with Gasteiger partial charge in [0.25, 0.3) is 0 Å². The summed E-state index contributed by atoms with van der Waals surface area (Å²) in [6.45, 7) is 4.40. The Kier molecular flexibility index (Phi) is 9.92. The van der Waals surface area contributed by atoms with E-state index in [0.29, 0.717) is 5.92 Å². The van der Waals surface area contributed by atoms with Gasteiger partial charge in [-0.1, -0.05) is 83.2 Å². The number of unbranched alkanes of at least 4 members (excludes halogenated alkanes) is 9. The van der Waals surface area contributed by atoms with Crippen molar-refractivity contribution in [1.82, 2.24) is 10.1 Å². The standard InChI is InChI=1S/C17H32N2O2/c1-3-5-6-7-8-9-10-11-12-13-14-15(4-2)16-18-17(20)21-19-16/h15H,3-14H2,1-2H3,(H,18,19,20). The molecule has 0 radical (unpaired) electrons. The number of hydrogen-bond donors (Lipinski definition) is 1. The third-order valence-corrected chi connectivity index (χ3v) is 4.24. The van der Waals surface area contributed by atoms with Crippen LogP contribution in [-0.4, -0.2) is 10.1 Å². The molecule has 0 aliphatic rings. The monoisotopic (exact) mass is 296 g/mol. The molecule has 1 unspecified atom stereocenters. The van der Waals surface area contributed by atoms with Gasteiger partial charge in [-0.15, -0.1) is 0 Å². The van der Waals surface area contributed by atoms with Crippen molar-refractivity contribution in [3.63, 3.8) is 0 Å². The molecule has 1 aromatic heterocycles. The number of nitrogens with zero attached hydrogens (tertiary/aromatic N) is 1. The average molecular weight is 296 g/mol. The zero-order chi connectivity index (χ0) is 15.3. The molecule has 0 aliphatic carbocycles. The number of nitrogens with one attached hydrogen (secondary N) is 1. The molecule has 0 saturated heterocycles. The fourth-order valence-electron chi connectivity index (χ4n) is 2.83. The zero-order valence-electron chi connectivity index (χ0n) is 13.8. The predicted molar refractivity (Wildman–Crippen MR) is 86.6 cm³/mol. The predicted octanol–water partition coefficient (Wildman–Crippen LogP) is 5.17. The van der Waals surface area contributed by atoms with Crippen LogP contribution in [0, 0.1) is 0 Å². The van der Waals surface area contributed by atoms with Crippen LogP contribution < -0.4 is 5.76 Å². The molecule has 21 heavy (non-hydrogen) atoms. The Hall–Kier alpha value is -1.06. The van der Waals surface area contributed by atoms with Gasteiger partial charge in [0.05, 0.1) is 0 Å². The summed E-state index contributed by atoms with van der Waals surface area (Å²) in [4.78, 5) is 13.6. The van der Waals surface area contributed by atoms with E-state index in [1.807, 2.05) is 0 Å². The van der Waals surface area contributed by atoms with E-state index in [1.165, 1.54) is 64.2 Å². The molecular formula is C17H32N2O2. The second-order valence-corrected chi connectivity index (χ2v) is 6.06. The summed E-state index contributed by atoms with van der Waals surface area (Å²) in [6.07, 6.45) is 15.6. The van der Waals surface area contributed by atoms with Crippen molar-refractivity contribution < 1.29 is 4.52 Å². The third-order valence-electron chi connectivity index (χ3n) is 4.24. The minimum absolute atomic E-state index is 0.338. The molecule has 1 atom stereocenters. The normalized spacial score (nSPS) is 12.7. The van der Waals surface area contributed by atoms with Crippen LogP contribution >= 0.6 is 0 Å². The number of H-pyrrole nitrogens is 1. The van der Waals surface area contributed by atoms with Crippen molar-refractivity contribution in [2.24, 2.45) is 0 Å². The number of rotatable bonds is 13. The van der Waals surface area contributed by atoms with Gasteiger partial charge >= 0.3 is 5.76 Å². The summed E-state index contributed by atoms with van der Waals surface area (Å²) in [5.41, 5.74) is 0. The van der Waals surface area contributed by atoms with E-state index < -0.39 is 5.76 Å². The number of hydrogen-bond acceptors (Lipinski definition) is 3. The quantitative estimate of drug-likeness (QED) is 0.511. The Morgan fingerprint density at radius 2 is 1.52 bits per heavy atom. The third kappa shape index (κ3) is 8.08. The summed E-state index contributed by atoms with van der Waals surface area (Å²) < 4.78 is 4.59. The van der Waals surface area contributed by atoms with Gasteiger partial charge in [0, 0.05) is 5.92 Å². The van der Waals surface area contributed by atoms with Crippen LogP contribution in [0.25, 0.3) is 0 Å². The summed E-state index contributed by atoms with van der Waals surface area (Å²) in [5, 5.41) is 3.81. The molecule has 122 valence electrons. The fraction of sp³-hybridized carbons (Fsp3) is 0.882. The first-order valence-electron chi connectivity index (χ1n) is 8.83. The van der Waals surface area contributed by atoms with Crippen LogP contribution in [-0.2, 0) is 0 Å². The molecule has 1 N–H and O–H groups in total. The Morgan fingerprint density at radius 3 is 2.00 bits per heavy atom. The molecule has 0 fully saturated rings. The van der Waals surface area contributed by atoms with Crippen molar-refractivity contribution in [2.45, 2.75) is 96.8 Å². The molecule has 4 nitrogen and oxygen atoms in total. The van der Waals surface area contributed by atoms with Crippen LogP contribution in [0.4, 0.5) is 0 Å². The molecule has 0 spiro atoms. The van der Waals surface area contributed by atoms with Crippen LogP contribution in [0.3, 0.4) is 0 Å². The van der Waals surface area contributed by atoms with Crippen LogP contribution in [0.5, 0.6) is 0 Å². The number of aromatic nitrogens is 2. The van der Waals surface area contributed by atoms with E-state index in [9.17, 15) is 4.79 Å². The van der Waals surface area contributed by atoms with E-state index in [2.05, 4.69) is 28.5 Å². The van der Waals surface area contributed by atoms with E-state index in [0.717, 1.165) is 18.7 Å². The highest BCUT2D eigenvalue weighted by atomic mass is 16.5. The number of aromatic amines is 1. The molecule has 0 aromatic carbocycles. The van der Waals surface area contributed by atoms with Crippen LogP contribution in [0.15, 0.2) is 9.32 Å². The maximum absolute atomic E-state index is 11.0. The average Bonchev–Trinajstić information content (AvgIpc) is 2.91. The van der Waals surface area contributed by atoms with Crippen molar-refractivity contribution >= 4 is 0 Å². The van der Waals surface area contributed by atoms with Crippen LogP contribution in [0.2, 0.25) is 0 Å². The molecule has 0 amide bonds. The zero-order valence-corrected chi connectivity index (χ0v) is 13.8. The van der Waals surface area contributed by atoms with E-state index in [-0.39, 0.29) is 0 Å². The Morgan fingerprint density at radius 1 is 0.952 bits per heavy atom. The highest BCUT2D eigenvalue weighted by molar-refractivity contribution is 4.90. The van der Waals surface area contributed by atoms with Gasteiger partial charge in [0.2, 0.25) is 0 Å². The van der Waals surface area contributed by atoms with E-state index in [4.69, 9.17) is 0 Å². The minimum atomic E-state index is -0.438. The Balaban J connectivity index is 1.99. The van der Waals surface area contributed by atoms with Gasteiger partial charge < -0.3 is 0 Å². The fourth-order valence-corrected chi connectivity index (χ4v) is 2.83. The maximum Gasteiger partial charge on any atom is 0.438 e. The van der Waals surface area contributed by atoms with Crippen molar-refractivity contribution in [2.75, 3.05) is 0 Å². The SMILES string of the molecule is CCCCCCCCCCCCC(CC)c1noc(=O)[nH]1. The summed E-state index contributed by atoms with van der Waals surface area (Å²) in [5.74, 6) is 0.621. The lowest BCUT2D eigenvalue weighted by Crippen LogP contribution is -2.03. The highest BCUT2D eigenvalue weighted by Gasteiger charge is 2.13. The Bertz CT molecular complexity index is 397. The summed E-state index contributed by atoms with van der Waals surface area (Å²) in [6, 6.07) is 0. The van der Waals surface area contributed by atoms with E-state index >= 15 is 0 Å². The summed E-state index contributed by atoms with van der Waals surface area (Å²) in [7, 11) is 0. The Labute approximate surface area is 128 Å². The smallest absolute Gasteiger partial charge is 0.296 e. The first-order chi connectivity index (χ1) is 10.3. The van der Waals surface area contributed by atoms with Crippen molar-refractivity contribution in [3.8, 4) is 0 Å². The van der Waals surface area contributed by atoms with Gasteiger partial charge in [0.15, 0.2) is 5.82 Å². The van der Waals surface area contributed by atoms with Gasteiger partial charge in [-0.25, -0.2) is 4.79 Å². The van der Waals surface area contributed by atoms with Crippen LogP contribution in [0.1, 0.15) is 103 Å². The van der Waals surface area contributed by atoms with Gasteiger partial charge in [-0.2, -0.15) is 0 Å². The molecule has 1 rings (SSSR count). The molecule has 0 saturated carbocycles. The second-order valence-electron chi connectivity index (χ2n) is 6.06.